The molecule has 3 nitrogen and oxygen atoms in total. The second-order valence-corrected chi connectivity index (χ2v) is 7.57. The van der Waals surface area contributed by atoms with Gasteiger partial charge >= 0.3 is 0 Å². The number of ether oxygens (including phenoxy) is 1. The van der Waals surface area contributed by atoms with Gasteiger partial charge in [0.05, 0.1) is 0 Å². The Morgan fingerprint density at radius 3 is 2.24 bits per heavy atom. The largest absolute Gasteiger partial charge is 0.466 e. The summed E-state index contributed by atoms with van der Waals surface area (Å²) < 4.78 is 3.85. The maximum absolute atomic E-state index is 11.8. The van der Waals surface area contributed by atoms with Crippen molar-refractivity contribution in [3.63, 3.8) is 0 Å². The van der Waals surface area contributed by atoms with E-state index in [0.717, 1.165) is 6.42 Å². The van der Waals surface area contributed by atoms with E-state index in [1.54, 1.807) is 12.1 Å². The number of benzene rings is 1. The molecule has 118 valence electrons. The van der Waals surface area contributed by atoms with Crippen LogP contribution in [0, 0.1) is 5.92 Å². The van der Waals surface area contributed by atoms with E-state index in [1.165, 1.54) is 5.56 Å². The average molecular weight is 353 g/mol. The molecule has 0 unspecified atom stereocenters. The van der Waals surface area contributed by atoms with Gasteiger partial charge in [-0.1, -0.05) is 67.7 Å². The van der Waals surface area contributed by atoms with E-state index in [1.807, 2.05) is 26.0 Å². The van der Waals surface area contributed by atoms with Gasteiger partial charge in [0.2, 0.25) is 15.9 Å². The second-order valence-electron chi connectivity index (χ2n) is 5.20. The fourth-order valence-corrected chi connectivity index (χ4v) is 1.99. The highest BCUT2D eigenvalue weighted by molar-refractivity contribution is 6.68. The Balaban J connectivity index is 2.76. The standard InChI is InChI=1S/C15H20Cl3NO2/c1-4-11-5-7-12(8-6-11)21-14(15(16,17)18)19-13(20)9-10(2)3/h5-8,10,14H,4,9H2,1-3H3,(H,19,20)/t14-/m1/s1. The van der Waals surface area contributed by atoms with Gasteiger partial charge in [-0.15, -0.1) is 0 Å². The monoisotopic (exact) mass is 351 g/mol. The second kappa shape index (κ2) is 8.11. The number of nitrogens with one attached hydrogen (secondary N) is 1. The van der Waals surface area contributed by atoms with Crippen LogP contribution in [-0.4, -0.2) is 15.9 Å². The fourth-order valence-electron chi connectivity index (χ4n) is 1.69. The number of hydrogen-bond acceptors (Lipinski definition) is 2. The van der Waals surface area contributed by atoms with Crippen LogP contribution in [0.15, 0.2) is 24.3 Å². The Labute approximate surface area is 140 Å². The zero-order valence-corrected chi connectivity index (χ0v) is 14.6. The molecule has 0 aliphatic heterocycles. The van der Waals surface area contributed by atoms with Crippen LogP contribution in [0.1, 0.15) is 32.8 Å². The number of aryl methyl sites for hydroxylation is 1. The number of carbonyl (C=O) groups is 1. The number of amides is 1. The summed E-state index contributed by atoms with van der Waals surface area (Å²) in [6.07, 6.45) is 0.232. The molecule has 0 bridgehead atoms. The number of halogens is 3. The first kappa shape index (κ1) is 18.4. The average Bonchev–Trinajstić information content (AvgIpc) is 2.36. The molecule has 21 heavy (non-hydrogen) atoms. The Kier molecular flexibility index (Phi) is 7.11. The summed E-state index contributed by atoms with van der Waals surface area (Å²) in [5.41, 5.74) is 1.18. The summed E-state index contributed by atoms with van der Waals surface area (Å²) in [5, 5.41) is 2.61. The predicted octanol–water partition coefficient (Wildman–Crippen LogP) is 4.49. The van der Waals surface area contributed by atoms with Crippen molar-refractivity contribution in [2.24, 2.45) is 5.92 Å². The fraction of sp³-hybridized carbons (Fsp3) is 0.533. The van der Waals surface area contributed by atoms with Gasteiger partial charge in [0.15, 0.2) is 0 Å². The topological polar surface area (TPSA) is 38.3 Å². The lowest BCUT2D eigenvalue weighted by Crippen LogP contribution is -2.48. The first-order valence-electron chi connectivity index (χ1n) is 6.84. The van der Waals surface area contributed by atoms with Gasteiger partial charge in [-0.2, -0.15) is 0 Å². The normalized spacial score (nSPS) is 13.1. The van der Waals surface area contributed by atoms with Crippen molar-refractivity contribution in [1.82, 2.24) is 5.32 Å². The van der Waals surface area contributed by atoms with Crippen molar-refractivity contribution >= 4 is 40.7 Å². The molecule has 0 spiro atoms. The van der Waals surface area contributed by atoms with E-state index in [9.17, 15) is 4.79 Å². The summed E-state index contributed by atoms with van der Waals surface area (Å²) in [6, 6.07) is 7.44. The number of carbonyl (C=O) groups excluding carboxylic acids is 1. The van der Waals surface area contributed by atoms with Gasteiger partial charge in [-0.25, -0.2) is 0 Å². The van der Waals surface area contributed by atoms with Crippen molar-refractivity contribution < 1.29 is 9.53 Å². The zero-order chi connectivity index (χ0) is 16.0. The van der Waals surface area contributed by atoms with E-state index >= 15 is 0 Å². The number of rotatable bonds is 6. The summed E-state index contributed by atoms with van der Waals surface area (Å²) >= 11 is 17.6. The van der Waals surface area contributed by atoms with Gasteiger partial charge in [0.25, 0.3) is 0 Å². The van der Waals surface area contributed by atoms with Crippen molar-refractivity contribution in [2.45, 2.75) is 43.6 Å². The molecular weight excluding hydrogens is 333 g/mol. The smallest absolute Gasteiger partial charge is 0.246 e. The molecular formula is C15H20Cl3NO2. The Hall–Kier alpha value is -0.640. The highest BCUT2D eigenvalue weighted by Gasteiger charge is 2.36. The quantitative estimate of drug-likeness (QED) is 0.605. The molecule has 0 aromatic heterocycles. The van der Waals surface area contributed by atoms with Crippen LogP contribution < -0.4 is 10.1 Å². The molecule has 0 aliphatic carbocycles. The molecule has 0 aliphatic rings. The van der Waals surface area contributed by atoms with Crippen molar-refractivity contribution in [1.29, 1.82) is 0 Å². The first-order valence-corrected chi connectivity index (χ1v) is 7.97. The Morgan fingerprint density at radius 1 is 1.24 bits per heavy atom. The first-order chi connectivity index (χ1) is 9.72. The van der Waals surface area contributed by atoms with Gasteiger partial charge in [-0.05, 0) is 30.0 Å². The summed E-state index contributed by atoms with van der Waals surface area (Å²) in [6.45, 7) is 5.94. The summed E-state index contributed by atoms with van der Waals surface area (Å²) in [5.74, 6) is 0.532. The van der Waals surface area contributed by atoms with Crippen LogP contribution in [0.4, 0.5) is 0 Å². The Bertz CT molecular complexity index is 455. The van der Waals surface area contributed by atoms with E-state index in [-0.39, 0.29) is 11.8 Å². The van der Waals surface area contributed by atoms with Gasteiger partial charge in [0.1, 0.15) is 5.75 Å². The molecule has 1 amide bonds. The van der Waals surface area contributed by atoms with Crippen molar-refractivity contribution in [2.75, 3.05) is 0 Å². The van der Waals surface area contributed by atoms with Crippen molar-refractivity contribution in [3.8, 4) is 5.75 Å². The molecule has 0 radical (unpaired) electrons. The molecule has 1 aromatic rings. The van der Waals surface area contributed by atoms with Crippen molar-refractivity contribution in [3.05, 3.63) is 29.8 Å². The lowest BCUT2D eigenvalue weighted by molar-refractivity contribution is -0.124. The molecule has 1 aromatic carbocycles. The van der Waals surface area contributed by atoms with Crippen LogP contribution >= 0.6 is 34.8 Å². The number of hydrogen-bond donors (Lipinski definition) is 1. The Morgan fingerprint density at radius 2 is 1.81 bits per heavy atom. The minimum atomic E-state index is -1.75. The molecule has 0 saturated heterocycles. The van der Waals surface area contributed by atoms with Gasteiger partial charge in [0, 0.05) is 6.42 Å². The predicted molar refractivity (Wildman–Crippen MR) is 88.1 cm³/mol. The highest BCUT2D eigenvalue weighted by Crippen LogP contribution is 2.32. The van der Waals surface area contributed by atoms with Crippen LogP contribution in [0.5, 0.6) is 5.75 Å². The van der Waals surface area contributed by atoms with Crippen LogP contribution in [0.3, 0.4) is 0 Å². The van der Waals surface area contributed by atoms with E-state index in [0.29, 0.717) is 12.2 Å². The third-order valence-electron chi connectivity index (χ3n) is 2.77. The number of alkyl halides is 3. The molecule has 0 heterocycles. The van der Waals surface area contributed by atoms with E-state index < -0.39 is 10.0 Å². The third kappa shape index (κ3) is 6.77. The van der Waals surface area contributed by atoms with Gasteiger partial charge < -0.3 is 10.1 Å². The molecule has 1 rings (SSSR count). The van der Waals surface area contributed by atoms with E-state index in [2.05, 4.69) is 12.2 Å². The minimum absolute atomic E-state index is 0.213. The summed E-state index contributed by atoms with van der Waals surface area (Å²) in [4.78, 5) is 11.8. The van der Waals surface area contributed by atoms with Crippen LogP contribution in [0.25, 0.3) is 0 Å². The lowest BCUT2D eigenvalue weighted by Gasteiger charge is -2.26. The minimum Gasteiger partial charge on any atom is -0.466 e. The maximum atomic E-state index is 11.8. The molecule has 1 N–H and O–H groups in total. The third-order valence-corrected chi connectivity index (χ3v) is 3.36. The SMILES string of the molecule is CCc1ccc(O[C@@H](NC(=O)CC(C)C)C(Cl)(Cl)Cl)cc1. The molecule has 0 saturated carbocycles. The molecule has 6 heteroatoms. The zero-order valence-electron chi connectivity index (χ0n) is 12.3. The van der Waals surface area contributed by atoms with Crippen LogP contribution in [-0.2, 0) is 11.2 Å². The van der Waals surface area contributed by atoms with Gasteiger partial charge in [-0.3, -0.25) is 4.79 Å². The summed E-state index contributed by atoms with van der Waals surface area (Å²) in [7, 11) is 0. The highest BCUT2D eigenvalue weighted by atomic mass is 35.6. The van der Waals surface area contributed by atoms with E-state index in [4.69, 9.17) is 39.5 Å². The lowest BCUT2D eigenvalue weighted by atomic mass is 10.1. The molecule has 1 atom stereocenters. The maximum Gasteiger partial charge on any atom is 0.246 e. The van der Waals surface area contributed by atoms with Crippen LogP contribution in [0.2, 0.25) is 0 Å². The molecule has 0 fully saturated rings.